The van der Waals surface area contributed by atoms with Gasteiger partial charge in [-0.05, 0) is 19.5 Å². The molecule has 0 heterocycles. The fourth-order valence-corrected chi connectivity index (χ4v) is 1.87. The summed E-state index contributed by atoms with van der Waals surface area (Å²) in [6.45, 7) is 8.39. The van der Waals surface area contributed by atoms with E-state index in [4.69, 9.17) is 4.74 Å². The van der Waals surface area contributed by atoms with Crippen LogP contribution in [-0.4, -0.2) is 45.3 Å². The van der Waals surface area contributed by atoms with Crippen LogP contribution in [0, 0.1) is 0 Å². The van der Waals surface area contributed by atoms with Gasteiger partial charge in [0.15, 0.2) is 0 Å². The molecule has 0 saturated carbocycles. The molecule has 1 aromatic carbocycles. The van der Waals surface area contributed by atoms with Crippen LogP contribution in [0.3, 0.4) is 0 Å². The minimum absolute atomic E-state index is 0.293. The van der Waals surface area contributed by atoms with Gasteiger partial charge in [0, 0.05) is 18.7 Å². The molecule has 19 heavy (non-hydrogen) atoms. The third kappa shape index (κ3) is 4.14. The molecule has 0 atom stereocenters. The van der Waals surface area contributed by atoms with E-state index < -0.39 is 5.43 Å². The van der Waals surface area contributed by atoms with Crippen molar-refractivity contribution in [2.75, 3.05) is 45.7 Å². The maximum Gasteiger partial charge on any atom is 0.249 e. The van der Waals surface area contributed by atoms with Gasteiger partial charge in [0.05, 0.1) is 18.9 Å². The normalized spacial score (nSPS) is 12.3. The van der Waals surface area contributed by atoms with E-state index in [1.54, 1.807) is 0 Å². The molecule has 1 rings (SSSR count). The average molecular weight is 268 g/mol. The van der Waals surface area contributed by atoms with Crippen LogP contribution in [0.2, 0.25) is 0 Å². The van der Waals surface area contributed by atoms with Crippen molar-refractivity contribution in [1.29, 1.82) is 0 Å². The lowest BCUT2D eigenvalue weighted by molar-refractivity contribution is 0.126. The van der Waals surface area contributed by atoms with Gasteiger partial charge < -0.3 is 15.0 Å². The highest BCUT2D eigenvalue weighted by atomic mass is 16.5. The van der Waals surface area contributed by atoms with Crippen molar-refractivity contribution < 1.29 is 4.74 Å². The summed E-state index contributed by atoms with van der Waals surface area (Å²) < 4.78 is 5.42. The van der Waals surface area contributed by atoms with E-state index in [1.165, 1.54) is 0 Å². The Labute approximate surface area is 114 Å². The highest BCUT2D eigenvalue weighted by Gasteiger charge is 2.29. The zero-order chi connectivity index (χ0) is 14.6. The van der Waals surface area contributed by atoms with Crippen molar-refractivity contribution in [2.24, 2.45) is 0 Å². The van der Waals surface area contributed by atoms with Gasteiger partial charge in [0.1, 0.15) is 0 Å². The lowest BCUT2D eigenvalue weighted by Crippen LogP contribution is -2.43. The van der Waals surface area contributed by atoms with E-state index in [0.29, 0.717) is 31.0 Å². The minimum Gasteiger partial charge on any atom is -0.379 e. The Bertz CT molecular complexity index is 479. The summed E-state index contributed by atoms with van der Waals surface area (Å²) >= 11 is 0. The second kappa shape index (κ2) is 6.30. The molecular weight excluding hydrogens is 244 g/mol. The first-order valence-electron chi connectivity index (χ1n) is 6.55. The maximum atomic E-state index is 11.5. The first-order chi connectivity index (χ1) is 8.75. The number of ether oxygens (including phenoxy) is 1. The van der Waals surface area contributed by atoms with Gasteiger partial charge in [-0.3, -0.25) is 9.59 Å². The summed E-state index contributed by atoms with van der Waals surface area (Å²) in [5, 5.41) is 3.01. The van der Waals surface area contributed by atoms with E-state index in [2.05, 4.69) is 5.32 Å². The molecule has 0 unspecified atom stereocenters. The summed E-state index contributed by atoms with van der Waals surface area (Å²) in [6, 6.07) is 0. The maximum absolute atomic E-state index is 11.5. The van der Waals surface area contributed by atoms with Crippen molar-refractivity contribution in [2.45, 2.75) is 26.2 Å². The largest absolute Gasteiger partial charge is 0.379 e. The first-order valence-corrected chi connectivity index (χ1v) is 6.55. The molecule has 5 nitrogen and oxygen atoms in total. The quantitative estimate of drug-likeness (QED) is 0.579. The average Bonchev–Trinajstić information content (AvgIpc) is 2.28. The number of hydrogen-bond acceptors (Lipinski definition) is 5. The lowest BCUT2D eigenvalue weighted by atomic mass is 9.82. The molecule has 0 saturated heterocycles. The van der Waals surface area contributed by atoms with Gasteiger partial charge in [0.25, 0.3) is 0 Å². The highest BCUT2D eigenvalue weighted by molar-refractivity contribution is 5.59. The third-order valence-electron chi connectivity index (χ3n) is 2.89. The van der Waals surface area contributed by atoms with Crippen LogP contribution < -0.4 is 16.2 Å². The Morgan fingerprint density at radius 3 is 2.26 bits per heavy atom. The molecule has 0 aliphatic carbocycles. The van der Waals surface area contributed by atoms with Crippen LogP contribution in [0.1, 0.15) is 26.3 Å². The molecule has 0 amide bonds. The number of nitrogens with one attached hydrogen (secondary N) is 1. The zero-order valence-corrected chi connectivity index (χ0v) is 12.5. The lowest BCUT2D eigenvalue weighted by Gasteiger charge is -2.24. The number of nitrogens with zero attached hydrogens (tertiary/aromatic N) is 1. The Morgan fingerprint density at radius 2 is 1.74 bits per heavy atom. The number of likely N-dealkylation sites (N-methyl/N-ethyl adjacent to an activating group) is 1. The van der Waals surface area contributed by atoms with Gasteiger partial charge in [-0.25, -0.2) is 0 Å². The van der Waals surface area contributed by atoms with Crippen molar-refractivity contribution in [3.8, 4) is 0 Å². The molecule has 0 bridgehead atoms. The van der Waals surface area contributed by atoms with E-state index in [0.717, 1.165) is 6.54 Å². The Balaban J connectivity index is 2.41. The predicted molar refractivity (Wildman–Crippen MR) is 77.9 cm³/mol. The van der Waals surface area contributed by atoms with Gasteiger partial charge in [-0.1, -0.05) is 20.8 Å². The molecule has 0 aromatic heterocycles. The second-order valence-corrected chi connectivity index (χ2v) is 6.00. The number of rotatable bonds is 7. The fraction of sp³-hybridized carbons (Fsp3) is 0.714. The predicted octanol–water partition coefficient (Wildman–Crippen LogP) is 0.570. The van der Waals surface area contributed by atoms with Crippen molar-refractivity contribution in [1.82, 2.24) is 4.90 Å². The van der Waals surface area contributed by atoms with Gasteiger partial charge >= 0.3 is 0 Å². The Kier molecular flexibility index (Phi) is 5.26. The van der Waals surface area contributed by atoms with E-state index >= 15 is 0 Å². The monoisotopic (exact) mass is 268 g/mol. The molecule has 108 valence electrons. The topological polar surface area (TPSA) is 58.6 Å². The van der Waals surface area contributed by atoms with Crippen LogP contribution in [0.4, 0.5) is 5.69 Å². The van der Waals surface area contributed by atoms with Crippen LogP contribution >= 0.6 is 0 Å². The van der Waals surface area contributed by atoms with Crippen molar-refractivity contribution in [3.05, 3.63) is 26.0 Å². The number of anilines is 1. The smallest absolute Gasteiger partial charge is 0.249 e. The summed E-state index contributed by atoms with van der Waals surface area (Å²) in [6.07, 6.45) is 0. The summed E-state index contributed by atoms with van der Waals surface area (Å²) in [5.41, 5.74) is 0.0142. The molecule has 0 aliphatic rings. The molecular formula is C14H24N2O3. The van der Waals surface area contributed by atoms with Crippen LogP contribution in [0.15, 0.2) is 9.59 Å². The minimum atomic E-state index is -0.404. The van der Waals surface area contributed by atoms with Crippen LogP contribution in [0.25, 0.3) is 0 Å². The number of hydrogen-bond donors (Lipinski definition) is 1. The van der Waals surface area contributed by atoms with Gasteiger partial charge in [-0.2, -0.15) is 0 Å². The Hall–Kier alpha value is -1.20. The summed E-state index contributed by atoms with van der Waals surface area (Å²) in [4.78, 5) is 25.1. The molecule has 0 spiro atoms. The Morgan fingerprint density at radius 1 is 1.11 bits per heavy atom. The molecule has 0 fully saturated rings. The van der Waals surface area contributed by atoms with Gasteiger partial charge in [0.2, 0.25) is 10.9 Å². The fourth-order valence-electron chi connectivity index (χ4n) is 1.87. The van der Waals surface area contributed by atoms with E-state index in [-0.39, 0.29) is 10.8 Å². The van der Waals surface area contributed by atoms with Gasteiger partial charge in [-0.15, -0.1) is 0 Å². The molecule has 0 aliphatic heterocycles. The van der Waals surface area contributed by atoms with E-state index in [9.17, 15) is 9.59 Å². The zero-order valence-electron chi connectivity index (χ0n) is 12.5. The molecule has 1 aromatic rings. The summed E-state index contributed by atoms with van der Waals surface area (Å²) in [7, 11) is 3.97. The second-order valence-electron chi connectivity index (χ2n) is 6.00. The van der Waals surface area contributed by atoms with Crippen LogP contribution in [-0.2, 0) is 10.2 Å². The molecule has 0 radical (unpaired) electrons. The standard InChI is InChI=1S/C14H24N2O3/c1-14(2,3)10-11(13(18)12(10)17)15-6-8-19-9-7-16(4)5/h15H,6-9H2,1-5H3. The molecule has 1 N–H and O–H groups in total. The first kappa shape index (κ1) is 15.9. The van der Waals surface area contributed by atoms with Crippen LogP contribution in [0.5, 0.6) is 0 Å². The summed E-state index contributed by atoms with van der Waals surface area (Å²) in [5.74, 6) is 0. The van der Waals surface area contributed by atoms with Crippen molar-refractivity contribution in [3.63, 3.8) is 0 Å². The SMILES string of the molecule is CN(C)CCOCCNc1c(C(C)(C)C)c(=O)c1=O. The molecule has 5 heteroatoms. The third-order valence-corrected chi connectivity index (χ3v) is 2.89. The highest BCUT2D eigenvalue weighted by Crippen LogP contribution is 2.25. The van der Waals surface area contributed by atoms with E-state index in [1.807, 2.05) is 39.8 Å². The van der Waals surface area contributed by atoms with Crippen molar-refractivity contribution >= 4 is 5.69 Å².